The molecule has 19 heavy (non-hydrogen) atoms. The number of hydrogen-bond donors (Lipinski definition) is 1. The molecule has 7 heteroatoms. The minimum Gasteiger partial charge on any atom is -0.475 e. The van der Waals surface area contributed by atoms with Crippen molar-refractivity contribution in [3.05, 3.63) is 48.2 Å². The Kier molecular flexibility index (Phi) is 2.96. The Morgan fingerprint density at radius 2 is 2.37 bits per heavy atom. The first-order valence-electron chi connectivity index (χ1n) is 5.47. The summed E-state index contributed by atoms with van der Waals surface area (Å²) in [6.45, 7) is 0. The molecule has 3 rings (SSSR count). The molecule has 0 bridgehead atoms. The van der Waals surface area contributed by atoms with E-state index < -0.39 is 5.97 Å². The molecule has 0 amide bonds. The van der Waals surface area contributed by atoms with Gasteiger partial charge in [0.2, 0.25) is 11.5 Å². The number of carboxylic acids is 1. The van der Waals surface area contributed by atoms with Crippen LogP contribution in [0.4, 0.5) is 0 Å². The summed E-state index contributed by atoms with van der Waals surface area (Å²) in [5, 5.41) is 9.31. The molecule has 0 fully saturated rings. The number of rotatable bonds is 4. The quantitative estimate of drug-likeness (QED) is 0.736. The fourth-order valence-corrected chi connectivity index (χ4v) is 2.35. The summed E-state index contributed by atoms with van der Waals surface area (Å²) in [4.78, 5) is 19.1. The number of aromatic carboxylic acids is 1. The molecular formula is C12H9N3O3S. The van der Waals surface area contributed by atoms with Crippen LogP contribution in [0.15, 0.2) is 46.3 Å². The van der Waals surface area contributed by atoms with Crippen molar-refractivity contribution in [2.75, 3.05) is 0 Å². The van der Waals surface area contributed by atoms with Crippen molar-refractivity contribution in [1.82, 2.24) is 14.4 Å². The molecule has 0 aliphatic rings. The zero-order valence-corrected chi connectivity index (χ0v) is 10.5. The van der Waals surface area contributed by atoms with Crippen molar-refractivity contribution in [2.45, 2.75) is 10.8 Å². The molecule has 0 aromatic carbocycles. The zero-order chi connectivity index (χ0) is 13.2. The highest BCUT2D eigenvalue weighted by Gasteiger charge is 2.10. The van der Waals surface area contributed by atoms with Gasteiger partial charge in [0.1, 0.15) is 0 Å². The maximum absolute atomic E-state index is 10.7. The molecule has 3 heterocycles. The number of imidazole rings is 1. The van der Waals surface area contributed by atoms with Crippen LogP contribution in [0.25, 0.3) is 5.78 Å². The Morgan fingerprint density at radius 3 is 3.11 bits per heavy atom. The fraction of sp³-hybridized carbons (Fsp3) is 0.0833. The molecule has 0 saturated carbocycles. The third kappa shape index (κ3) is 2.45. The summed E-state index contributed by atoms with van der Waals surface area (Å²) in [5.41, 5.74) is 0.858. The van der Waals surface area contributed by atoms with Gasteiger partial charge in [0.15, 0.2) is 5.09 Å². The second kappa shape index (κ2) is 4.77. The molecule has 0 unspecified atom stereocenters. The van der Waals surface area contributed by atoms with E-state index in [1.165, 1.54) is 17.8 Å². The van der Waals surface area contributed by atoms with Gasteiger partial charge in [-0.15, -0.1) is 0 Å². The van der Waals surface area contributed by atoms with Crippen LogP contribution in [0.3, 0.4) is 0 Å². The Morgan fingerprint density at radius 1 is 1.47 bits per heavy atom. The monoisotopic (exact) mass is 275 g/mol. The Hall–Kier alpha value is -2.28. The summed E-state index contributed by atoms with van der Waals surface area (Å²) in [6, 6.07) is 4.91. The van der Waals surface area contributed by atoms with Gasteiger partial charge in [-0.3, -0.25) is 4.40 Å². The number of carbonyl (C=O) groups is 1. The van der Waals surface area contributed by atoms with Gasteiger partial charge < -0.3 is 9.52 Å². The first kappa shape index (κ1) is 11.8. The van der Waals surface area contributed by atoms with E-state index in [0.717, 1.165) is 5.69 Å². The summed E-state index contributed by atoms with van der Waals surface area (Å²) in [5.74, 6) is 0.113. The van der Waals surface area contributed by atoms with Crippen LogP contribution in [0.5, 0.6) is 0 Å². The lowest BCUT2D eigenvalue weighted by Gasteiger charge is -1.93. The average Bonchev–Trinajstić information content (AvgIpc) is 3.02. The normalized spacial score (nSPS) is 10.9. The maximum atomic E-state index is 10.7. The number of carboxylic acid groups (broad SMARTS) is 1. The first-order chi connectivity index (χ1) is 9.22. The van der Waals surface area contributed by atoms with Crippen LogP contribution >= 0.6 is 11.8 Å². The van der Waals surface area contributed by atoms with E-state index in [2.05, 4.69) is 9.97 Å². The van der Waals surface area contributed by atoms with Crippen molar-refractivity contribution < 1.29 is 14.3 Å². The number of hydrogen-bond acceptors (Lipinski definition) is 5. The van der Waals surface area contributed by atoms with Gasteiger partial charge in [-0.2, -0.15) is 0 Å². The molecule has 0 aliphatic heterocycles. The van der Waals surface area contributed by atoms with Gasteiger partial charge in [0, 0.05) is 24.3 Å². The van der Waals surface area contributed by atoms with Crippen LogP contribution in [-0.2, 0) is 5.75 Å². The smallest absolute Gasteiger partial charge is 0.371 e. The summed E-state index contributed by atoms with van der Waals surface area (Å²) < 4.78 is 6.99. The minimum absolute atomic E-state index is 0.0563. The predicted octanol–water partition coefficient (Wildman–Crippen LogP) is 2.31. The zero-order valence-electron chi connectivity index (χ0n) is 9.68. The van der Waals surface area contributed by atoms with E-state index in [0.29, 0.717) is 16.6 Å². The SMILES string of the molecule is O=C(O)c1ccc(SCc2cn3cccnc3n2)o1. The number of nitrogens with zero attached hydrogens (tertiary/aromatic N) is 3. The number of aromatic nitrogens is 3. The summed E-state index contributed by atoms with van der Waals surface area (Å²) in [6.07, 6.45) is 5.44. The van der Waals surface area contributed by atoms with Crippen molar-refractivity contribution in [2.24, 2.45) is 0 Å². The molecule has 6 nitrogen and oxygen atoms in total. The summed E-state index contributed by atoms with van der Waals surface area (Å²) in [7, 11) is 0. The van der Waals surface area contributed by atoms with Crippen LogP contribution in [0.1, 0.15) is 16.2 Å². The van der Waals surface area contributed by atoms with Crippen molar-refractivity contribution in [3.63, 3.8) is 0 Å². The van der Waals surface area contributed by atoms with E-state index >= 15 is 0 Å². The van der Waals surface area contributed by atoms with Gasteiger partial charge in [-0.1, -0.05) is 11.8 Å². The van der Waals surface area contributed by atoms with Crippen molar-refractivity contribution in [1.29, 1.82) is 0 Å². The van der Waals surface area contributed by atoms with Gasteiger partial charge in [-0.25, -0.2) is 14.8 Å². The predicted molar refractivity (Wildman–Crippen MR) is 68.2 cm³/mol. The van der Waals surface area contributed by atoms with Crippen LogP contribution in [0.2, 0.25) is 0 Å². The molecule has 96 valence electrons. The number of fused-ring (bicyclic) bond motifs is 1. The third-order valence-corrected chi connectivity index (χ3v) is 3.38. The van der Waals surface area contributed by atoms with Crippen LogP contribution < -0.4 is 0 Å². The number of thioether (sulfide) groups is 1. The fourth-order valence-electron chi connectivity index (χ4n) is 1.61. The van der Waals surface area contributed by atoms with E-state index in [1.807, 2.05) is 22.9 Å². The summed E-state index contributed by atoms with van der Waals surface area (Å²) >= 11 is 1.39. The third-order valence-electron chi connectivity index (χ3n) is 2.44. The largest absolute Gasteiger partial charge is 0.475 e. The molecule has 3 aromatic rings. The molecule has 0 saturated heterocycles. The van der Waals surface area contributed by atoms with Gasteiger partial charge in [0.25, 0.3) is 0 Å². The van der Waals surface area contributed by atoms with Crippen molar-refractivity contribution >= 4 is 23.5 Å². The highest BCUT2D eigenvalue weighted by atomic mass is 32.2. The lowest BCUT2D eigenvalue weighted by molar-refractivity contribution is 0.0656. The highest BCUT2D eigenvalue weighted by molar-refractivity contribution is 7.98. The average molecular weight is 275 g/mol. The molecule has 1 N–H and O–H groups in total. The van der Waals surface area contributed by atoms with E-state index in [-0.39, 0.29) is 5.76 Å². The van der Waals surface area contributed by atoms with Gasteiger partial charge in [-0.05, 0) is 18.2 Å². The van der Waals surface area contributed by atoms with E-state index in [4.69, 9.17) is 9.52 Å². The lowest BCUT2D eigenvalue weighted by atomic mass is 10.5. The molecule has 0 radical (unpaired) electrons. The standard InChI is InChI=1S/C12H9N3O3S/c16-11(17)9-2-3-10(18-9)19-7-8-6-15-5-1-4-13-12(15)14-8/h1-6H,7H2,(H,16,17). The van der Waals surface area contributed by atoms with E-state index in [9.17, 15) is 4.79 Å². The molecule has 0 aliphatic carbocycles. The van der Waals surface area contributed by atoms with Crippen LogP contribution in [0, 0.1) is 0 Å². The number of furan rings is 1. The molecule has 0 spiro atoms. The topological polar surface area (TPSA) is 80.6 Å². The van der Waals surface area contributed by atoms with Crippen LogP contribution in [-0.4, -0.2) is 25.4 Å². The van der Waals surface area contributed by atoms with Gasteiger partial charge >= 0.3 is 5.97 Å². The Labute approximate surface area is 112 Å². The molecule has 3 aromatic heterocycles. The van der Waals surface area contributed by atoms with Gasteiger partial charge in [0.05, 0.1) is 5.69 Å². The minimum atomic E-state index is -1.07. The van der Waals surface area contributed by atoms with E-state index in [1.54, 1.807) is 12.3 Å². The van der Waals surface area contributed by atoms with Crippen molar-refractivity contribution in [3.8, 4) is 0 Å². The molecule has 0 atom stereocenters. The second-order valence-corrected chi connectivity index (χ2v) is 4.75. The second-order valence-electron chi connectivity index (χ2n) is 3.77. The maximum Gasteiger partial charge on any atom is 0.371 e. The Bertz CT molecular complexity index is 701. The molecular weight excluding hydrogens is 266 g/mol. The highest BCUT2D eigenvalue weighted by Crippen LogP contribution is 2.24. The first-order valence-corrected chi connectivity index (χ1v) is 6.45. The lowest BCUT2D eigenvalue weighted by Crippen LogP contribution is -1.91. The Balaban J connectivity index is 1.72.